The summed E-state index contributed by atoms with van der Waals surface area (Å²) in [7, 11) is 5.08. The lowest BCUT2D eigenvalue weighted by atomic mass is 10.1. The molecule has 1 aliphatic rings. The number of likely N-dealkylation sites (tertiary alicyclic amines) is 1. The SMILES string of the molecule is COC(CNC(=O)N(C)C1CCCN(C)C1)C(=O)O. The molecule has 2 unspecified atom stereocenters. The van der Waals surface area contributed by atoms with Gasteiger partial charge in [-0.2, -0.15) is 0 Å². The van der Waals surface area contributed by atoms with Gasteiger partial charge in [-0.25, -0.2) is 9.59 Å². The van der Waals surface area contributed by atoms with E-state index in [0.29, 0.717) is 0 Å². The number of nitrogens with one attached hydrogen (secondary N) is 1. The first kappa shape index (κ1) is 15.7. The molecule has 0 radical (unpaired) electrons. The van der Waals surface area contributed by atoms with E-state index in [2.05, 4.69) is 10.2 Å². The smallest absolute Gasteiger partial charge is 0.334 e. The van der Waals surface area contributed by atoms with Gasteiger partial charge >= 0.3 is 12.0 Å². The number of amides is 2. The summed E-state index contributed by atoms with van der Waals surface area (Å²) in [4.78, 5) is 26.5. The maximum Gasteiger partial charge on any atom is 0.334 e. The van der Waals surface area contributed by atoms with Gasteiger partial charge in [0.2, 0.25) is 0 Å². The van der Waals surface area contributed by atoms with Gasteiger partial charge in [0.25, 0.3) is 0 Å². The number of ether oxygens (including phenoxy) is 1. The Morgan fingerprint density at radius 3 is 2.79 bits per heavy atom. The van der Waals surface area contributed by atoms with Gasteiger partial charge in [0, 0.05) is 26.7 Å². The molecule has 7 nitrogen and oxygen atoms in total. The summed E-state index contributed by atoms with van der Waals surface area (Å²) in [6, 6.07) is -0.0897. The van der Waals surface area contributed by atoms with Crippen molar-refractivity contribution in [3.8, 4) is 0 Å². The third kappa shape index (κ3) is 4.68. The van der Waals surface area contributed by atoms with Crippen LogP contribution in [-0.4, -0.2) is 79.9 Å². The molecule has 0 aromatic carbocycles. The molecule has 1 heterocycles. The number of rotatable bonds is 5. The van der Waals surface area contributed by atoms with E-state index in [1.54, 1.807) is 11.9 Å². The van der Waals surface area contributed by atoms with Gasteiger partial charge in [0.15, 0.2) is 6.10 Å². The second-order valence-electron chi connectivity index (χ2n) is 4.92. The van der Waals surface area contributed by atoms with Crippen molar-refractivity contribution in [2.75, 3.05) is 40.8 Å². The van der Waals surface area contributed by atoms with Crippen LogP contribution in [0.3, 0.4) is 0 Å². The molecular formula is C12H23N3O4. The highest BCUT2D eigenvalue weighted by atomic mass is 16.5. The topological polar surface area (TPSA) is 82.1 Å². The highest BCUT2D eigenvalue weighted by molar-refractivity contribution is 5.77. The van der Waals surface area contributed by atoms with Crippen molar-refractivity contribution < 1.29 is 19.4 Å². The number of carboxylic acid groups (broad SMARTS) is 1. The molecule has 1 rings (SSSR count). The summed E-state index contributed by atoms with van der Waals surface area (Å²) < 4.78 is 4.76. The summed E-state index contributed by atoms with van der Waals surface area (Å²) >= 11 is 0. The van der Waals surface area contributed by atoms with E-state index in [-0.39, 0.29) is 18.6 Å². The summed E-state index contributed by atoms with van der Waals surface area (Å²) in [6.45, 7) is 1.87. The fourth-order valence-electron chi connectivity index (χ4n) is 2.20. The Morgan fingerprint density at radius 1 is 1.58 bits per heavy atom. The van der Waals surface area contributed by atoms with Crippen LogP contribution in [0.25, 0.3) is 0 Å². The Morgan fingerprint density at radius 2 is 2.26 bits per heavy atom. The van der Waals surface area contributed by atoms with Crippen LogP contribution in [-0.2, 0) is 9.53 Å². The molecule has 0 aromatic heterocycles. The van der Waals surface area contributed by atoms with Gasteiger partial charge in [-0.05, 0) is 26.4 Å². The minimum absolute atomic E-state index is 0.0302. The molecule has 0 saturated carbocycles. The number of hydrogen-bond donors (Lipinski definition) is 2. The van der Waals surface area contributed by atoms with Crippen molar-refractivity contribution in [1.29, 1.82) is 0 Å². The van der Waals surface area contributed by atoms with Crippen LogP contribution in [0.15, 0.2) is 0 Å². The monoisotopic (exact) mass is 273 g/mol. The largest absolute Gasteiger partial charge is 0.479 e. The molecule has 7 heteroatoms. The van der Waals surface area contributed by atoms with Gasteiger partial charge in [0.1, 0.15) is 0 Å². The third-order valence-electron chi connectivity index (χ3n) is 3.47. The first-order valence-corrected chi connectivity index (χ1v) is 6.40. The number of aliphatic carboxylic acids is 1. The highest BCUT2D eigenvalue weighted by Gasteiger charge is 2.25. The van der Waals surface area contributed by atoms with Crippen molar-refractivity contribution in [3.63, 3.8) is 0 Å². The molecule has 1 saturated heterocycles. The van der Waals surface area contributed by atoms with Gasteiger partial charge in [-0.15, -0.1) is 0 Å². The minimum Gasteiger partial charge on any atom is -0.479 e. The fraction of sp³-hybridized carbons (Fsp3) is 0.833. The molecule has 2 atom stereocenters. The molecule has 1 fully saturated rings. The Balaban J connectivity index is 2.41. The Labute approximate surface area is 113 Å². The number of carbonyl (C=O) groups excluding carboxylic acids is 1. The lowest BCUT2D eigenvalue weighted by molar-refractivity contribution is -0.148. The van der Waals surface area contributed by atoms with Crippen LogP contribution >= 0.6 is 0 Å². The highest BCUT2D eigenvalue weighted by Crippen LogP contribution is 2.13. The van der Waals surface area contributed by atoms with Crippen molar-refractivity contribution in [2.24, 2.45) is 0 Å². The molecule has 2 amide bonds. The zero-order chi connectivity index (χ0) is 14.4. The van der Waals surface area contributed by atoms with Crippen LogP contribution < -0.4 is 5.32 Å². The van der Waals surface area contributed by atoms with Crippen LogP contribution in [0, 0.1) is 0 Å². The third-order valence-corrected chi connectivity index (χ3v) is 3.47. The molecule has 19 heavy (non-hydrogen) atoms. The van der Waals surface area contributed by atoms with Crippen molar-refractivity contribution in [3.05, 3.63) is 0 Å². The number of methoxy groups -OCH3 is 1. The Hall–Kier alpha value is -1.34. The van der Waals surface area contributed by atoms with Crippen LogP contribution in [0.4, 0.5) is 4.79 Å². The first-order chi connectivity index (χ1) is 8.95. The van der Waals surface area contributed by atoms with Gasteiger partial charge in [-0.3, -0.25) is 0 Å². The van der Waals surface area contributed by atoms with E-state index in [1.807, 2.05) is 7.05 Å². The van der Waals surface area contributed by atoms with Crippen LogP contribution in [0.5, 0.6) is 0 Å². The quantitative estimate of drug-likeness (QED) is 0.726. The number of piperidine rings is 1. The lowest BCUT2D eigenvalue weighted by Gasteiger charge is -2.35. The predicted octanol–water partition coefficient (Wildman–Crippen LogP) is -0.178. The number of nitrogens with zero attached hydrogens (tertiary/aromatic N) is 2. The number of urea groups is 1. The van der Waals surface area contributed by atoms with E-state index in [0.717, 1.165) is 25.9 Å². The molecule has 0 bridgehead atoms. The number of carboxylic acids is 1. The fourth-order valence-corrected chi connectivity index (χ4v) is 2.20. The number of carbonyl (C=O) groups is 2. The van der Waals surface area contributed by atoms with Gasteiger partial charge in [0.05, 0.1) is 6.54 Å². The summed E-state index contributed by atoms with van der Waals surface area (Å²) in [5, 5.41) is 11.4. The maximum atomic E-state index is 11.9. The van der Waals surface area contributed by atoms with E-state index in [1.165, 1.54) is 7.11 Å². The molecule has 1 aliphatic heterocycles. The molecular weight excluding hydrogens is 250 g/mol. The normalized spacial score (nSPS) is 21.7. The second kappa shape index (κ2) is 7.30. The van der Waals surface area contributed by atoms with Crippen LogP contribution in [0.1, 0.15) is 12.8 Å². The van der Waals surface area contributed by atoms with Gasteiger partial charge < -0.3 is 25.0 Å². The average molecular weight is 273 g/mol. The van der Waals surface area contributed by atoms with E-state index in [9.17, 15) is 9.59 Å². The average Bonchev–Trinajstić information content (AvgIpc) is 2.38. The molecule has 110 valence electrons. The zero-order valence-corrected chi connectivity index (χ0v) is 11.8. The Bertz CT molecular complexity index is 324. The molecule has 0 spiro atoms. The van der Waals surface area contributed by atoms with Crippen LogP contribution in [0.2, 0.25) is 0 Å². The van der Waals surface area contributed by atoms with E-state index < -0.39 is 12.1 Å². The summed E-state index contributed by atoms with van der Waals surface area (Å²) in [6.07, 6.45) is 1.03. The lowest BCUT2D eigenvalue weighted by Crippen LogP contribution is -2.51. The number of hydrogen-bond acceptors (Lipinski definition) is 4. The summed E-state index contributed by atoms with van der Waals surface area (Å²) in [5.41, 5.74) is 0. The second-order valence-corrected chi connectivity index (χ2v) is 4.92. The zero-order valence-electron chi connectivity index (χ0n) is 11.8. The molecule has 0 aliphatic carbocycles. The Kier molecular flexibility index (Phi) is 6.04. The van der Waals surface area contributed by atoms with Gasteiger partial charge in [-0.1, -0.05) is 0 Å². The van der Waals surface area contributed by atoms with E-state index >= 15 is 0 Å². The molecule has 0 aromatic rings. The summed E-state index contributed by atoms with van der Waals surface area (Å²) in [5.74, 6) is -1.08. The van der Waals surface area contributed by atoms with Crippen molar-refractivity contribution in [1.82, 2.24) is 15.1 Å². The maximum absolute atomic E-state index is 11.9. The first-order valence-electron chi connectivity index (χ1n) is 6.40. The minimum atomic E-state index is -1.08. The standard InChI is InChI=1S/C12H23N3O4/c1-14-6-4-5-9(8-14)15(2)12(18)13-7-10(19-3)11(16)17/h9-10H,4-8H2,1-3H3,(H,13,18)(H,16,17). The van der Waals surface area contributed by atoms with Crippen molar-refractivity contribution in [2.45, 2.75) is 25.0 Å². The molecule has 2 N–H and O–H groups in total. The van der Waals surface area contributed by atoms with E-state index in [4.69, 9.17) is 9.84 Å². The van der Waals surface area contributed by atoms with Crippen molar-refractivity contribution >= 4 is 12.0 Å². The number of likely N-dealkylation sites (N-methyl/N-ethyl adjacent to an activating group) is 2. The predicted molar refractivity (Wildman–Crippen MR) is 70.1 cm³/mol.